The summed E-state index contributed by atoms with van der Waals surface area (Å²) in [4.78, 5) is 7.85. The van der Waals surface area contributed by atoms with Crippen LogP contribution in [0.3, 0.4) is 0 Å². The Morgan fingerprint density at radius 3 is 2.67 bits per heavy atom. The summed E-state index contributed by atoms with van der Waals surface area (Å²) in [6, 6.07) is 3.56. The summed E-state index contributed by atoms with van der Waals surface area (Å²) < 4.78 is 5.57. The summed E-state index contributed by atoms with van der Waals surface area (Å²) in [6.07, 6.45) is 5.76. The summed E-state index contributed by atoms with van der Waals surface area (Å²) in [6.45, 7) is 2.04. The molecule has 0 aromatic carbocycles. The molecule has 2 N–H and O–H groups in total. The van der Waals surface area contributed by atoms with E-state index in [-0.39, 0.29) is 6.04 Å². The first-order valence-corrected chi connectivity index (χ1v) is 4.90. The van der Waals surface area contributed by atoms with Crippen LogP contribution in [0.25, 0.3) is 0 Å². The maximum atomic E-state index is 6.01. The van der Waals surface area contributed by atoms with Crippen LogP contribution < -0.4 is 5.73 Å². The maximum Gasteiger partial charge on any atom is 0.125 e. The molecule has 0 spiro atoms. The number of aromatic nitrogens is 2. The molecule has 0 aliphatic carbocycles. The van der Waals surface area contributed by atoms with Crippen LogP contribution in [-0.2, 0) is 6.42 Å². The average Bonchev–Trinajstić information content (AvgIpc) is 2.78. The van der Waals surface area contributed by atoms with Crippen LogP contribution >= 0.6 is 0 Å². The monoisotopic (exact) mass is 203 g/mol. The normalized spacial score (nSPS) is 12.7. The number of rotatable bonds is 3. The van der Waals surface area contributed by atoms with E-state index in [9.17, 15) is 0 Å². The first-order chi connectivity index (χ1) is 7.31. The molecule has 4 nitrogen and oxygen atoms in total. The minimum Gasteiger partial charge on any atom is -0.464 e. The lowest BCUT2D eigenvalue weighted by molar-refractivity contribution is 0.453. The van der Waals surface area contributed by atoms with E-state index in [4.69, 9.17) is 10.2 Å². The summed E-state index contributed by atoms with van der Waals surface area (Å²) >= 11 is 0. The molecule has 4 heteroatoms. The molecule has 15 heavy (non-hydrogen) atoms. The second kappa shape index (κ2) is 4.23. The fraction of sp³-hybridized carbons (Fsp3) is 0.273. The minimum absolute atomic E-state index is 0.286. The Balaban J connectivity index is 2.24. The van der Waals surface area contributed by atoms with E-state index >= 15 is 0 Å². The van der Waals surface area contributed by atoms with Crippen molar-refractivity contribution in [3.8, 4) is 0 Å². The summed E-state index contributed by atoms with van der Waals surface area (Å²) in [5, 5.41) is 0. The molecule has 2 aromatic rings. The molecule has 78 valence electrons. The van der Waals surface area contributed by atoms with Crippen molar-refractivity contribution in [1.29, 1.82) is 0 Å². The molecule has 1 unspecified atom stereocenters. The molecule has 0 bridgehead atoms. The Hall–Kier alpha value is -1.68. The smallest absolute Gasteiger partial charge is 0.125 e. The average molecular weight is 203 g/mol. The van der Waals surface area contributed by atoms with E-state index in [1.54, 1.807) is 12.4 Å². The summed E-state index contributed by atoms with van der Waals surface area (Å²) in [7, 11) is 0. The SMILES string of the molecule is CCc1ccc(C(N)c2cncnc2)o1. The van der Waals surface area contributed by atoms with Gasteiger partial charge in [-0.3, -0.25) is 0 Å². The van der Waals surface area contributed by atoms with Gasteiger partial charge in [0.15, 0.2) is 0 Å². The molecule has 1 atom stereocenters. The second-order valence-electron chi connectivity index (χ2n) is 3.31. The zero-order valence-electron chi connectivity index (χ0n) is 8.55. The molecule has 0 amide bonds. The van der Waals surface area contributed by atoms with Gasteiger partial charge in [0, 0.05) is 24.4 Å². The molecular weight excluding hydrogens is 190 g/mol. The second-order valence-corrected chi connectivity index (χ2v) is 3.31. The molecule has 0 aliphatic rings. The largest absolute Gasteiger partial charge is 0.464 e. The Labute approximate surface area is 88.2 Å². The van der Waals surface area contributed by atoms with Gasteiger partial charge in [-0.05, 0) is 12.1 Å². The molecule has 0 saturated heterocycles. The van der Waals surface area contributed by atoms with Crippen molar-refractivity contribution in [2.45, 2.75) is 19.4 Å². The third kappa shape index (κ3) is 2.05. The number of hydrogen-bond donors (Lipinski definition) is 1. The fourth-order valence-corrected chi connectivity index (χ4v) is 1.39. The molecule has 2 rings (SSSR count). The van der Waals surface area contributed by atoms with Gasteiger partial charge < -0.3 is 10.2 Å². The van der Waals surface area contributed by atoms with Crippen LogP contribution in [0.2, 0.25) is 0 Å². The number of furan rings is 1. The number of hydrogen-bond acceptors (Lipinski definition) is 4. The lowest BCUT2D eigenvalue weighted by atomic mass is 10.1. The molecule has 0 fully saturated rings. The van der Waals surface area contributed by atoms with Gasteiger partial charge in [-0.2, -0.15) is 0 Å². The van der Waals surface area contributed by atoms with E-state index in [1.807, 2.05) is 19.1 Å². The van der Waals surface area contributed by atoms with Crippen LogP contribution in [0.15, 0.2) is 35.3 Å². The van der Waals surface area contributed by atoms with Gasteiger partial charge >= 0.3 is 0 Å². The van der Waals surface area contributed by atoms with E-state index in [2.05, 4.69) is 9.97 Å². The van der Waals surface area contributed by atoms with Crippen LogP contribution in [0, 0.1) is 0 Å². The van der Waals surface area contributed by atoms with E-state index in [0.29, 0.717) is 0 Å². The highest BCUT2D eigenvalue weighted by Gasteiger charge is 2.13. The Kier molecular flexibility index (Phi) is 2.78. The van der Waals surface area contributed by atoms with Crippen molar-refractivity contribution in [2.75, 3.05) is 0 Å². The van der Waals surface area contributed by atoms with Crippen molar-refractivity contribution < 1.29 is 4.42 Å². The predicted molar refractivity (Wildman–Crippen MR) is 56.1 cm³/mol. The minimum atomic E-state index is -0.286. The predicted octanol–water partition coefficient (Wildman–Crippen LogP) is 1.68. The van der Waals surface area contributed by atoms with Crippen LogP contribution in [0.4, 0.5) is 0 Å². The highest BCUT2D eigenvalue weighted by atomic mass is 16.3. The zero-order chi connectivity index (χ0) is 10.7. The maximum absolute atomic E-state index is 6.01. The van der Waals surface area contributed by atoms with Gasteiger partial charge in [0.1, 0.15) is 17.8 Å². The summed E-state index contributed by atoms with van der Waals surface area (Å²) in [5.41, 5.74) is 6.87. The Morgan fingerprint density at radius 2 is 2.07 bits per heavy atom. The van der Waals surface area contributed by atoms with Crippen molar-refractivity contribution in [3.05, 3.63) is 47.9 Å². The highest BCUT2D eigenvalue weighted by molar-refractivity contribution is 5.22. The van der Waals surface area contributed by atoms with Gasteiger partial charge in [-0.15, -0.1) is 0 Å². The van der Waals surface area contributed by atoms with E-state index in [1.165, 1.54) is 6.33 Å². The molecular formula is C11H13N3O. The first kappa shape index (κ1) is 9.86. The van der Waals surface area contributed by atoms with Gasteiger partial charge in [0.05, 0.1) is 6.04 Å². The third-order valence-electron chi connectivity index (χ3n) is 2.28. The third-order valence-corrected chi connectivity index (χ3v) is 2.28. The quantitative estimate of drug-likeness (QED) is 0.824. The van der Waals surface area contributed by atoms with E-state index < -0.39 is 0 Å². The first-order valence-electron chi connectivity index (χ1n) is 4.90. The Bertz CT molecular complexity index is 424. The van der Waals surface area contributed by atoms with Gasteiger partial charge in [0.25, 0.3) is 0 Å². The van der Waals surface area contributed by atoms with E-state index in [0.717, 1.165) is 23.5 Å². The number of nitrogens with two attached hydrogens (primary N) is 1. The van der Waals surface area contributed by atoms with Crippen molar-refractivity contribution in [3.63, 3.8) is 0 Å². The van der Waals surface area contributed by atoms with Crippen molar-refractivity contribution >= 4 is 0 Å². The number of nitrogens with zero attached hydrogens (tertiary/aromatic N) is 2. The molecule has 2 heterocycles. The van der Waals surface area contributed by atoms with Crippen molar-refractivity contribution in [1.82, 2.24) is 9.97 Å². The summed E-state index contributed by atoms with van der Waals surface area (Å²) in [5.74, 6) is 1.69. The van der Waals surface area contributed by atoms with Gasteiger partial charge in [-0.25, -0.2) is 9.97 Å². The Morgan fingerprint density at radius 1 is 1.33 bits per heavy atom. The molecule has 0 radical (unpaired) electrons. The van der Waals surface area contributed by atoms with Crippen LogP contribution in [0.5, 0.6) is 0 Å². The molecule has 0 aliphatic heterocycles. The van der Waals surface area contributed by atoms with Gasteiger partial charge in [-0.1, -0.05) is 6.92 Å². The highest BCUT2D eigenvalue weighted by Crippen LogP contribution is 2.20. The fourth-order valence-electron chi connectivity index (χ4n) is 1.39. The molecule has 2 aromatic heterocycles. The lowest BCUT2D eigenvalue weighted by Crippen LogP contribution is -2.11. The topological polar surface area (TPSA) is 64.9 Å². The van der Waals surface area contributed by atoms with Crippen molar-refractivity contribution in [2.24, 2.45) is 5.73 Å². The lowest BCUT2D eigenvalue weighted by Gasteiger charge is -2.07. The standard InChI is InChI=1S/C11H13N3O/c1-2-9-3-4-10(15-9)11(12)8-5-13-7-14-6-8/h3-7,11H,2,12H2,1H3. The van der Waals surface area contributed by atoms with Gasteiger partial charge in [0.2, 0.25) is 0 Å². The van der Waals surface area contributed by atoms with Crippen LogP contribution in [0.1, 0.15) is 30.0 Å². The van der Waals surface area contributed by atoms with Crippen LogP contribution in [-0.4, -0.2) is 9.97 Å². The molecule has 0 saturated carbocycles. The number of aryl methyl sites for hydroxylation is 1. The zero-order valence-corrected chi connectivity index (χ0v) is 8.55.